The number of hydrogen-bond donors (Lipinski definition) is 1. The summed E-state index contributed by atoms with van der Waals surface area (Å²) in [6.45, 7) is 0. The number of rotatable bonds is 1. The summed E-state index contributed by atoms with van der Waals surface area (Å²) in [7, 11) is 0. The summed E-state index contributed by atoms with van der Waals surface area (Å²) in [6, 6.07) is 17.7. The molecule has 2 aromatic carbocycles. The fraction of sp³-hybridized carbons (Fsp3) is 0.0556. The average molecular weight is 288 g/mol. The number of furan rings is 1. The standard InChI is InChI=1S/C18H12N2O2/c19-10-14-16(15-6-3-9-21-15)13-8-7-11-4-1-2-5-12(11)17(13)22-18(14)20/h1-9,16H,20H2. The van der Waals surface area contributed by atoms with Crippen LogP contribution in [0, 0.1) is 11.3 Å². The summed E-state index contributed by atoms with van der Waals surface area (Å²) in [5.41, 5.74) is 7.25. The van der Waals surface area contributed by atoms with Gasteiger partial charge in [0.25, 0.3) is 0 Å². The first-order valence-electron chi connectivity index (χ1n) is 6.92. The predicted molar refractivity (Wildman–Crippen MR) is 82.0 cm³/mol. The van der Waals surface area contributed by atoms with E-state index < -0.39 is 0 Å². The summed E-state index contributed by atoms with van der Waals surface area (Å²) < 4.78 is 11.3. The Bertz CT molecular complexity index is 933. The minimum atomic E-state index is -0.339. The third-order valence-corrected chi connectivity index (χ3v) is 3.94. The maximum absolute atomic E-state index is 9.46. The Hall–Kier alpha value is -3.19. The summed E-state index contributed by atoms with van der Waals surface area (Å²) in [4.78, 5) is 0. The van der Waals surface area contributed by atoms with E-state index in [-0.39, 0.29) is 11.8 Å². The molecule has 3 aromatic rings. The van der Waals surface area contributed by atoms with Gasteiger partial charge in [-0.1, -0.05) is 36.4 Å². The molecule has 22 heavy (non-hydrogen) atoms. The van der Waals surface area contributed by atoms with Crippen LogP contribution < -0.4 is 10.5 Å². The van der Waals surface area contributed by atoms with E-state index >= 15 is 0 Å². The fourth-order valence-corrected chi connectivity index (χ4v) is 2.93. The molecule has 1 aromatic heterocycles. The van der Waals surface area contributed by atoms with Crippen LogP contribution in [0.3, 0.4) is 0 Å². The van der Waals surface area contributed by atoms with Crippen LogP contribution in [0.1, 0.15) is 17.2 Å². The van der Waals surface area contributed by atoms with Crippen molar-refractivity contribution in [3.05, 3.63) is 77.6 Å². The number of hydrogen-bond acceptors (Lipinski definition) is 4. The van der Waals surface area contributed by atoms with Gasteiger partial charge in [-0.3, -0.25) is 0 Å². The molecule has 4 heteroatoms. The van der Waals surface area contributed by atoms with Gasteiger partial charge in [0.05, 0.1) is 12.2 Å². The van der Waals surface area contributed by atoms with Gasteiger partial charge in [-0.2, -0.15) is 5.26 Å². The lowest BCUT2D eigenvalue weighted by atomic mass is 9.86. The van der Waals surface area contributed by atoms with Crippen molar-refractivity contribution in [2.45, 2.75) is 5.92 Å². The third kappa shape index (κ3) is 1.69. The molecule has 4 rings (SSSR count). The van der Waals surface area contributed by atoms with Crippen molar-refractivity contribution in [2.24, 2.45) is 5.73 Å². The molecular formula is C18H12N2O2. The molecule has 106 valence electrons. The van der Waals surface area contributed by atoms with Gasteiger partial charge < -0.3 is 14.9 Å². The van der Waals surface area contributed by atoms with E-state index in [0.29, 0.717) is 17.1 Å². The van der Waals surface area contributed by atoms with Crippen molar-refractivity contribution in [2.75, 3.05) is 0 Å². The lowest BCUT2D eigenvalue weighted by molar-refractivity contribution is 0.388. The van der Waals surface area contributed by atoms with Crippen molar-refractivity contribution in [1.29, 1.82) is 5.26 Å². The Labute approximate surface area is 127 Å². The molecule has 1 aliphatic heterocycles. The van der Waals surface area contributed by atoms with Crippen LogP contribution in [0.25, 0.3) is 10.8 Å². The zero-order chi connectivity index (χ0) is 15.1. The molecule has 4 nitrogen and oxygen atoms in total. The molecular weight excluding hydrogens is 276 g/mol. The largest absolute Gasteiger partial charge is 0.468 e. The van der Waals surface area contributed by atoms with Gasteiger partial charge >= 0.3 is 0 Å². The quantitative estimate of drug-likeness (QED) is 0.741. The van der Waals surface area contributed by atoms with Gasteiger partial charge in [0, 0.05) is 10.9 Å². The minimum Gasteiger partial charge on any atom is -0.468 e. The molecule has 0 amide bonds. The first kappa shape index (κ1) is 12.5. The Kier molecular flexibility index (Phi) is 2.67. The summed E-state index contributed by atoms with van der Waals surface area (Å²) >= 11 is 0. The molecule has 1 atom stereocenters. The maximum atomic E-state index is 9.46. The van der Waals surface area contributed by atoms with Crippen molar-refractivity contribution in [1.82, 2.24) is 0 Å². The van der Waals surface area contributed by atoms with E-state index in [1.54, 1.807) is 12.3 Å². The minimum absolute atomic E-state index is 0.132. The summed E-state index contributed by atoms with van der Waals surface area (Å²) in [6.07, 6.45) is 1.59. The number of nitriles is 1. The zero-order valence-electron chi connectivity index (χ0n) is 11.6. The third-order valence-electron chi connectivity index (χ3n) is 3.94. The van der Waals surface area contributed by atoms with Gasteiger partial charge in [-0.05, 0) is 17.5 Å². The molecule has 0 fully saturated rings. The van der Waals surface area contributed by atoms with E-state index in [4.69, 9.17) is 14.9 Å². The number of fused-ring (bicyclic) bond motifs is 3. The molecule has 0 aliphatic carbocycles. The van der Waals surface area contributed by atoms with Gasteiger partial charge in [0.1, 0.15) is 23.2 Å². The first-order valence-corrected chi connectivity index (χ1v) is 6.92. The van der Waals surface area contributed by atoms with Crippen LogP contribution in [0.4, 0.5) is 0 Å². The monoisotopic (exact) mass is 288 g/mol. The lowest BCUT2D eigenvalue weighted by Crippen LogP contribution is -2.20. The second kappa shape index (κ2) is 4.68. The van der Waals surface area contributed by atoms with Crippen LogP contribution in [-0.2, 0) is 0 Å². The Balaban J connectivity index is 2.04. The van der Waals surface area contributed by atoms with E-state index in [1.807, 2.05) is 42.5 Å². The number of nitrogens with two attached hydrogens (primary N) is 1. The Morgan fingerprint density at radius 1 is 1.05 bits per heavy atom. The van der Waals surface area contributed by atoms with Crippen molar-refractivity contribution >= 4 is 10.8 Å². The van der Waals surface area contributed by atoms with E-state index in [1.165, 1.54) is 0 Å². The number of nitrogens with zero attached hydrogens (tertiary/aromatic N) is 1. The molecule has 0 spiro atoms. The van der Waals surface area contributed by atoms with E-state index in [0.717, 1.165) is 16.3 Å². The smallest absolute Gasteiger partial charge is 0.205 e. The Morgan fingerprint density at radius 2 is 1.91 bits per heavy atom. The van der Waals surface area contributed by atoms with Crippen molar-refractivity contribution < 1.29 is 9.15 Å². The highest BCUT2D eigenvalue weighted by Gasteiger charge is 2.33. The van der Waals surface area contributed by atoms with Crippen LogP contribution in [0.5, 0.6) is 5.75 Å². The zero-order valence-corrected chi connectivity index (χ0v) is 11.6. The van der Waals surface area contributed by atoms with Crippen molar-refractivity contribution in [3.63, 3.8) is 0 Å². The SMILES string of the molecule is N#CC1=C(N)Oc2c(ccc3ccccc23)C1c1ccco1. The van der Waals surface area contributed by atoms with Crippen LogP contribution >= 0.6 is 0 Å². The lowest BCUT2D eigenvalue weighted by Gasteiger charge is -2.25. The average Bonchev–Trinajstić information content (AvgIpc) is 3.07. The molecule has 0 saturated carbocycles. The molecule has 1 unspecified atom stereocenters. The highest BCUT2D eigenvalue weighted by atomic mass is 16.5. The van der Waals surface area contributed by atoms with Crippen LogP contribution in [0.2, 0.25) is 0 Å². The summed E-state index contributed by atoms with van der Waals surface area (Å²) in [5, 5.41) is 11.5. The van der Waals surface area contributed by atoms with E-state index in [9.17, 15) is 5.26 Å². The normalized spacial score (nSPS) is 17.0. The van der Waals surface area contributed by atoms with Gasteiger partial charge in [-0.25, -0.2) is 0 Å². The predicted octanol–water partition coefficient (Wildman–Crippen LogP) is 3.65. The molecule has 0 bridgehead atoms. The van der Waals surface area contributed by atoms with Crippen LogP contribution in [-0.4, -0.2) is 0 Å². The van der Waals surface area contributed by atoms with E-state index in [2.05, 4.69) is 6.07 Å². The number of ether oxygens (including phenoxy) is 1. The second-order valence-electron chi connectivity index (χ2n) is 5.15. The number of benzene rings is 2. The Morgan fingerprint density at radius 3 is 2.68 bits per heavy atom. The fourth-order valence-electron chi connectivity index (χ4n) is 2.93. The molecule has 2 heterocycles. The van der Waals surface area contributed by atoms with Gasteiger partial charge in [-0.15, -0.1) is 0 Å². The maximum Gasteiger partial charge on any atom is 0.205 e. The van der Waals surface area contributed by atoms with Gasteiger partial charge in [0.2, 0.25) is 5.88 Å². The molecule has 0 saturated heterocycles. The van der Waals surface area contributed by atoms with Crippen molar-refractivity contribution in [3.8, 4) is 11.8 Å². The van der Waals surface area contributed by atoms with Gasteiger partial charge in [0.15, 0.2) is 0 Å². The molecule has 2 N–H and O–H groups in total. The highest BCUT2D eigenvalue weighted by molar-refractivity contribution is 5.90. The topological polar surface area (TPSA) is 72.2 Å². The molecule has 1 aliphatic rings. The molecule has 0 radical (unpaired) electrons. The first-order chi connectivity index (χ1) is 10.8. The second-order valence-corrected chi connectivity index (χ2v) is 5.15. The number of allylic oxidation sites excluding steroid dienone is 1. The van der Waals surface area contributed by atoms with Crippen LogP contribution in [0.15, 0.2) is 70.7 Å². The summed E-state index contributed by atoms with van der Waals surface area (Å²) in [5.74, 6) is 1.16. The highest BCUT2D eigenvalue weighted by Crippen LogP contribution is 2.45.